The lowest BCUT2D eigenvalue weighted by atomic mass is 10.2. The number of halogens is 1. The fourth-order valence-electron chi connectivity index (χ4n) is 1.39. The zero-order chi connectivity index (χ0) is 11.0. The molecule has 0 aliphatic carbocycles. The lowest BCUT2D eigenvalue weighted by molar-refractivity contribution is 0.0698. The van der Waals surface area contributed by atoms with Gasteiger partial charge < -0.3 is 5.11 Å². The summed E-state index contributed by atoms with van der Waals surface area (Å²) >= 11 is 5.64. The van der Waals surface area contributed by atoms with Crippen molar-refractivity contribution in [1.29, 1.82) is 0 Å². The summed E-state index contributed by atoms with van der Waals surface area (Å²) in [5, 5.41) is 8.82. The van der Waals surface area contributed by atoms with Gasteiger partial charge in [0.25, 0.3) is 5.56 Å². The normalized spacial score (nSPS) is 10.5. The van der Waals surface area contributed by atoms with E-state index in [1.54, 1.807) is 18.2 Å². The smallest absolute Gasteiger partial charge is 0.337 e. The van der Waals surface area contributed by atoms with Gasteiger partial charge in [-0.3, -0.25) is 9.20 Å². The number of carboxylic acids is 1. The zero-order valence-corrected chi connectivity index (χ0v) is 8.23. The standard InChI is InChI=1S/C10H6ClNO3/c11-7-5-6(10(14)15)8-3-1-2-4-12(8)9(7)13/h1-5H,(H,14,15). The van der Waals surface area contributed by atoms with Crippen molar-refractivity contribution in [3.05, 3.63) is 51.4 Å². The lowest BCUT2D eigenvalue weighted by Gasteiger charge is -2.04. The number of fused-ring (bicyclic) bond motifs is 1. The highest BCUT2D eigenvalue weighted by Crippen LogP contribution is 2.13. The van der Waals surface area contributed by atoms with Crippen molar-refractivity contribution in [2.75, 3.05) is 0 Å². The first-order valence-electron chi connectivity index (χ1n) is 4.14. The van der Waals surface area contributed by atoms with Crippen LogP contribution in [0.4, 0.5) is 0 Å². The first-order chi connectivity index (χ1) is 7.11. The summed E-state index contributed by atoms with van der Waals surface area (Å²) in [4.78, 5) is 22.4. The van der Waals surface area contributed by atoms with E-state index in [2.05, 4.69) is 0 Å². The molecule has 15 heavy (non-hydrogen) atoms. The minimum Gasteiger partial charge on any atom is -0.478 e. The van der Waals surface area contributed by atoms with E-state index < -0.39 is 11.5 Å². The molecular weight excluding hydrogens is 218 g/mol. The van der Waals surface area contributed by atoms with E-state index in [-0.39, 0.29) is 10.6 Å². The lowest BCUT2D eigenvalue weighted by Crippen LogP contribution is -2.16. The summed E-state index contributed by atoms with van der Waals surface area (Å²) in [6.07, 6.45) is 1.48. The van der Waals surface area contributed by atoms with Gasteiger partial charge in [-0.05, 0) is 18.2 Å². The topological polar surface area (TPSA) is 58.8 Å². The van der Waals surface area contributed by atoms with Crippen molar-refractivity contribution in [2.45, 2.75) is 0 Å². The van der Waals surface area contributed by atoms with Gasteiger partial charge in [-0.25, -0.2) is 4.79 Å². The molecule has 0 aliphatic rings. The van der Waals surface area contributed by atoms with Crippen LogP contribution >= 0.6 is 11.6 Å². The zero-order valence-electron chi connectivity index (χ0n) is 7.48. The van der Waals surface area contributed by atoms with Gasteiger partial charge >= 0.3 is 5.97 Å². The van der Waals surface area contributed by atoms with Gasteiger partial charge in [0.15, 0.2) is 0 Å². The van der Waals surface area contributed by atoms with Gasteiger partial charge in [0.05, 0.1) is 11.1 Å². The average molecular weight is 224 g/mol. The number of carboxylic acid groups (broad SMARTS) is 1. The van der Waals surface area contributed by atoms with Gasteiger partial charge in [0, 0.05) is 6.20 Å². The third-order valence-corrected chi connectivity index (χ3v) is 2.33. The molecule has 0 saturated carbocycles. The third-order valence-electron chi connectivity index (χ3n) is 2.06. The van der Waals surface area contributed by atoms with Crippen molar-refractivity contribution in [3.63, 3.8) is 0 Å². The number of hydrogen-bond donors (Lipinski definition) is 1. The Morgan fingerprint density at radius 3 is 2.80 bits per heavy atom. The Morgan fingerprint density at radius 2 is 2.13 bits per heavy atom. The second-order valence-electron chi connectivity index (χ2n) is 2.97. The Balaban J connectivity index is 3.01. The van der Waals surface area contributed by atoms with E-state index in [0.717, 1.165) is 0 Å². The molecular formula is C10H6ClNO3. The van der Waals surface area contributed by atoms with E-state index in [9.17, 15) is 9.59 Å². The number of pyridine rings is 2. The summed E-state index contributed by atoms with van der Waals surface area (Å²) in [5.41, 5.74) is -0.0723. The van der Waals surface area contributed by atoms with E-state index in [0.29, 0.717) is 5.52 Å². The predicted octanol–water partition coefficient (Wildman–Crippen LogP) is 1.65. The molecule has 0 aromatic carbocycles. The molecule has 4 nitrogen and oxygen atoms in total. The van der Waals surface area contributed by atoms with Crippen LogP contribution in [0.3, 0.4) is 0 Å². The van der Waals surface area contributed by atoms with Crippen LogP contribution in [0.1, 0.15) is 10.4 Å². The first kappa shape index (κ1) is 9.73. The molecule has 0 amide bonds. The summed E-state index contributed by atoms with van der Waals surface area (Å²) < 4.78 is 1.21. The molecule has 0 atom stereocenters. The Kier molecular flexibility index (Phi) is 2.21. The first-order valence-corrected chi connectivity index (χ1v) is 4.52. The predicted molar refractivity (Wildman–Crippen MR) is 55.6 cm³/mol. The average Bonchev–Trinajstić information content (AvgIpc) is 2.23. The quantitative estimate of drug-likeness (QED) is 0.800. The molecule has 5 heteroatoms. The summed E-state index contributed by atoms with van der Waals surface area (Å²) in [7, 11) is 0. The summed E-state index contributed by atoms with van der Waals surface area (Å²) in [5.74, 6) is -1.11. The van der Waals surface area contributed by atoms with Crippen molar-refractivity contribution < 1.29 is 9.90 Å². The fraction of sp³-hybridized carbons (Fsp3) is 0. The molecule has 2 aromatic heterocycles. The third kappa shape index (κ3) is 1.49. The van der Waals surface area contributed by atoms with Crippen LogP contribution in [-0.4, -0.2) is 15.5 Å². The second-order valence-corrected chi connectivity index (χ2v) is 3.38. The summed E-state index contributed by atoms with van der Waals surface area (Å²) in [6.45, 7) is 0. The molecule has 0 saturated heterocycles. The van der Waals surface area contributed by atoms with Crippen LogP contribution < -0.4 is 5.56 Å². The molecule has 0 unspecified atom stereocenters. The molecule has 0 spiro atoms. The van der Waals surface area contributed by atoms with Gasteiger partial charge in [0.1, 0.15) is 5.02 Å². The summed E-state index contributed by atoms with van der Waals surface area (Å²) in [6, 6.07) is 6.02. The number of aromatic carboxylic acids is 1. The fourth-order valence-corrected chi connectivity index (χ4v) is 1.59. The van der Waals surface area contributed by atoms with Crippen LogP contribution in [0, 0.1) is 0 Å². The van der Waals surface area contributed by atoms with E-state index in [1.165, 1.54) is 16.7 Å². The molecule has 0 bridgehead atoms. The van der Waals surface area contributed by atoms with Crippen molar-refractivity contribution in [1.82, 2.24) is 4.40 Å². The Labute approximate surface area is 89.3 Å². The van der Waals surface area contributed by atoms with Crippen LogP contribution in [-0.2, 0) is 0 Å². The maximum atomic E-state index is 11.5. The molecule has 0 aliphatic heterocycles. The van der Waals surface area contributed by atoms with Gasteiger partial charge in [-0.15, -0.1) is 0 Å². The number of aromatic nitrogens is 1. The largest absolute Gasteiger partial charge is 0.478 e. The highest BCUT2D eigenvalue weighted by Gasteiger charge is 2.12. The van der Waals surface area contributed by atoms with Crippen LogP contribution in [0.15, 0.2) is 35.3 Å². The number of rotatable bonds is 1. The molecule has 0 radical (unpaired) electrons. The molecule has 76 valence electrons. The second kappa shape index (κ2) is 3.40. The van der Waals surface area contributed by atoms with Crippen LogP contribution in [0.2, 0.25) is 5.02 Å². The number of hydrogen-bond acceptors (Lipinski definition) is 2. The van der Waals surface area contributed by atoms with Gasteiger partial charge in [-0.1, -0.05) is 17.7 Å². The Bertz CT molecular complexity index is 603. The Hall–Kier alpha value is -1.81. The minimum atomic E-state index is -1.11. The highest BCUT2D eigenvalue weighted by molar-refractivity contribution is 6.30. The monoisotopic (exact) mass is 223 g/mol. The van der Waals surface area contributed by atoms with E-state index in [1.807, 2.05) is 0 Å². The van der Waals surface area contributed by atoms with E-state index >= 15 is 0 Å². The van der Waals surface area contributed by atoms with Crippen LogP contribution in [0.5, 0.6) is 0 Å². The van der Waals surface area contributed by atoms with Crippen molar-refractivity contribution in [2.24, 2.45) is 0 Å². The van der Waals surface area contributed by atoms with E-state index in [4.69, 9.17) is 16.7 Å². The minimum absolute atomic E-state index is 0.0141. The van der Waals surface area contributed by atoms with Crippen LogP contribution in [0.25, 0.3) is 5.52 Å². The SMILES string of the molecule is O=C(O)c1cc(Cl)c(=O)n2ccccc12. The van der Waals surface area contributed by atoms with Crippen molar-refractivity contribution >= 4 is 23.1 Å². The molecule has 2 aromatic rings. The Morgan fingerprint density at radius 1 is 1.40 bits per heavy atom. The molecule has 2 rings (SSSR count). The van der Waals surface area contributed by atoms with Gasteiger partial charge in [0.2, 0.25) is 0 Å². The van der Waals surface area contributed by atoms with Crippen molar-refractivity contribution in [3.8, 4) is 0 Å². The molecule has 2 heterocycles. The maximum Gasteiger partial charge on any atom is 0.337 e. The molecule has 1 N–H and O–H groups in total. The number of nitrogens with zero attached hydrogens (tertiary/aromatic N) is 1. The number of carbonyl (C=O) groups is 1. The maximum absolute atomic E-state index is 11.5. The van der Waals surface area contributed by atoms with Gasteiger partial charge in [-0.2, -0.15) is 0 Å². The molecule has 0 fully saturated rings. The highest BCUT2D eigenvalue weighted by atomic mass is 35.5.